The van der Waals surface area contributed by atoms with Gasteiger partial charge in [-0.3, -0.25) is 0 Å². The van der Waals surface area contributed by atoms with Crippen LogP contribution in [0.5, 0.6) is 0 Å². The predicted octanol–water partition coefficient (Wildman–Crippen LogP) is 16.3. The molecule has 4 nitrogen and oxygen atoms in total. The molecule has 71 heavy (non-hydrogen) atoms. The van der Waals surface area contributed by atoms with Crippen molar-refractivity contribution in [2.24, 2.45) is 0 Å². The topological polar surface area (TPSA) is 36.1 Å². The van der Waals surface area contributed by atoms with Gasteiger partial charge in [-0.05, 0) is 98.9 Å². The van der Waals surface area contributed by atoms with Crippen LogP contribution in [0.25, 0.3) is 138 Å². The average molecular weight is 903 g/mol. The summed E-state index contributed by atoms with van der Waals surface area (Å²) in [5.41, 5.74) is 21.0. The summed E-state index contributed by atoms with van der Waals surface area (Å²) in [6.07, 6.45) is 0. The third-order valence-electron chi connectivity index (χ3n) is 15.3. The molecule has 0 radical (unpaired) electrons. The first-order valence-electron chi connectivity index (χ1n) is 24.4. The fourth-order valence-electron chi connectivity index (χ4n) is 12.3. The average Bonchev–Trinajstić information content (AvgIpc) is 4.20. The van der Waals surface area contributed by atoms with E-state index in [2.05, 4.69) is 246 Å². The zero-order chi connectivity index (χ0) is 46.3. The van der Waals surface area contributed by atoms with Gasteiger partial charge < -0.3 is 17.9 Å². The highest BCUT2D eigenvalue weighted by atomic mass is 16.3. The zero-order valence-electron chi connectivity index (χ0n) is 38.3. The SMILES string of the molecule is c1ccc(-c2cc(-c3ccccc3)c3c(c2)c2cc(-c4ccccc4)cc(-c4ccccc4)c2n3B2c3ccccc3-n3c4ccc5c6ccccc6oc5c4c4c5oc6ccccc6c5cc2c43)cc1. The molecule has 0 aliphatic carbocycles. The fourth-order valence-corrected chi connectivity index (χ4v) is 12.3. The lowest BCUT2D eigenvalue weighted by atomic mass is 9.48. The van der Waals surface area contributed by atoms with Crippen LogP contribution < -0.4 is 10.9 Å². The van der Waals surface area contributed by atoms with Crippen LogP contribution in [0.3, 0.4) is 0 Å². The van der Waals surface area contributed by atoms with E-state index >= 15 is 0 Å². The van der Waals surface area contributed by atoms with Crippen molar-refractivity contribution < 1.29 is 8.83 Å². The Balaban J connectivity index is 1.15. The third-order valence-corrected chi connectivity index (χ3v) is 15.3. The molecule has 11 aromatic carbocycles. The zero-order valence-corrected chi connectivity index (χ0v) is 38.3. The minimum Gasteiger partial charge on any atom is -0.455 e. The molecule has 0 saturated heterocycles. The molecule has 0 N–H and O–H groups in total. The van der Waals surface area contributed by atoms with Gasteiger partial charge in [-0.15, -0.1) is 0 Å². The van der Waals surface area contributed by atoms with Crippen LogP contribution in [0.4, 0.5) is 0 Å². The number of fused-ring (bicyclic) bond motifs is 16. The number of hydrogen-bond acceptors (Lipinski definition) is 2. The minimum atomic E-state index is -0.287. The summed E-state index contributed by atoms with van der Waals surface area (Å²) in [5.74, 6) is 0. The molecule has 1 aliphatic heterocycles. The second kappa shape index (κ2) is 14.6. The Labute approximate surface area is 407 Å². The maximum Gasteiger partial charge on any atom is 0.332 e. The molecule has 0 atom stereocenters. The lowest BCUT2D eigenvalue weighted by molar-refractivity contribution is 0.670. The minimum absolute atomic E-state index is 0.287. The number of aromatic nitrogens is 2. The van der Waals surface area contributed by atoms with E-state index in [1.165, 1.54) is 66.1 Å². The summed E-state index contributed by atoms with van der Waals surface area (Å²) in [4.78, 5) is 0. The first kappa shape index (κ1) is 38.6. The first-order chi connectivity index (χ1) is 35.2. The van der Waals surface area contributed by atoms with E-state index in [4.69, 9.17) is 8.83 Å². The Morgan fingerprint density at radius 3 is 1.37 bits per heavy atom. The molecule has 0 fully saturated rings. The number of benzene rings is 11. The molecule has 0 unspecified atom stereocenters. The van der Waals surface area contributed by atoms with Crippen molar-refractivity contribution in [3.8, 4) is 50.2 Å². The second-order valence-electron chi connectivity index (χ2n) is 19.1. The van der Waals surface area contributed by atoms with Gasteiger partial charge in [-0.1, -0.05) is 182 Å². The van der Waals surface area contributed by atoms with Gasteiger partial charge in [0, 0.05) is 60.2 Å². The lowest BCUT2D eigenvalue weighted by Crippen LogP contribution is -2.53. The highest BCUT2D eigenvalue weighted by Gasteiger charge is 2.39. The summed E-state index contributed by atoms with van der Waals surface area (Å²) < 4.78 is 19.3. The van der Waals surface area contributed by atoms with Gasteiger partial charge in [-0.2, -0.15) is 0 Å². The predicted molar refractivity (Wildman–Crippen MR) is 297 cm³/mol. The molecule has 0 amide bonds. The number of hydrogen-bond donors (Lipinski definition) is 0. The lowest BCUT2D eigenvalue weighted by Gasteiger charge is -2.29. The molecular formula is C66H39BN2O2. The first-order valence-corrected chi connectivity index (χ1v) is 24.4. The Hall–Kier alpha value is -9.32. The smallest absolute Gasteiger partial charge is 0.332 e. The van der Waals surface area contributed by atoms with Gasteiger partial charge in [0.05, 0.1) is 21.8 Å². The highest BCUT2D eigenvalue weighted by molar-refractivity contribution is 6.89. The molecule has 5 heteroatoms. The Morgan fingerprint density at radius 2 is 0.789 bits per heavy atom. The quantitative estimate of drug-likeness (QED) is 0.161. The molecule has 16 rings (SSSR count). The molecule has 328 valence electrons. The summed E-state index contributed by atoms with van der Waals surface area (Å²) in [7, 11) is 0. The van der Waals surface area contributed by atoms with Crippen LogP contribution in [0.15, 0.2) is 245 Å². The van der Waals surface area contributed by atoms with E-state index in [0.717, 1.165) is 82.5 Å². The van der Waals surface area contributed by atoms with Crippen molar-refractivity contribution in [1.29, 1.82) is 0 Å². The van der Waals surface area contributed by atoms with Crippen molar-refractivity contribution >= 4 is 105 Å². The number of rotatable bonds is 5. The molecule has 0 spiro atoms. The molecule has 0 saturated carbocycles. The number of furan rings is 2. The third kappa shape index (κ3) is 5.40. The summed E-state index contributed by atoms with van der Waals surface area (Å²) in [6, 6.07) is 86.4. The van der Waals surface area contributed by atoms with E-state index in [1.807, 2.05) is 0 Å². The standard InChI is InChI=1S/C66H39BN2O2/c1-5-19-40(20-6-1)44-35-49(42-23-9-3-10-24-42)62-51(37-44)52-38-45(41-21-7-2-8-22-41)36-50(43-25-11-4-12-26-43)63(52)69(62)67-54-29-15-16-30-56(54)68-57-34-33-48-46-27-13-17-31-58(46)70-65(48)60(57)61-64(68)55(67)39-53-47-28-14-18-32-59(47)71-66(53)61/h1-39H. The van der Waals surface area contributed by atoms with Crippen molar-refractivity contribution in [2.45, 2.75) is 0 Å². The van der Waals surface area contributed by atoms with Crippen LogP contribution in [0.2, 0.25) is 0 Å². The van der Waals surface area contributed by atoms with Crippen molar-refractivity contribution in [3.05, 3.63) is 237 Å². The molecule has 15 aromatic rings. The van der Waals surface area contributed by atoms with Crippen LogP contribution in [-0.2, 0) is 0 Å². The largest absolute Gasteiger partial charge is 0.455 e. The van der Waals surface area contributed by atoms with Gasteiger partial charge in [0.15, 0.2) is 0 Å². The molecular weight excluding hydrogens is 864 g/mol. The van der Waals surface area contributed by atoms with Crippen molar-refractivity contribution in [2.75, 3.05) is 0 Å². The summed E-state index contributed by atoms with van der Waals surface area (Å²) in [5, 5.41) is 8.91. The van der Waals surface area contributed by atoms with Gasteiger partial charge in [0.1, 0.15) is 22.3 Å². The van der Waals surface area contributed by atoms with Gasteiger partial charge in [-0.25, -0.2) is 0 Å². The molecule has 1 aliphatic rings. The Kier molecular flexibility index (Phi) is 7.94. The Bertz CT molecular complexity index is 4540. The van der Waals surface area contributed by atoms with E-state index in [9.17, 15) is 0 Å². The highest BCUT2D eigenvalue weighted by Crippen LogP contribution is 2.48. The van der Waals surface area contributed by atoms with E-state index < -0.39 is 0 Å². The van der Waals surface area contributed by atoms with E-state index in [1.54, 1.807) is 0 Å². The van der Waals surface area contributed by atoms with Gasteiger partial charge >= 0.3 is 6.85 Å². The van der Waals surface area contributed by atoms with Crippen molar-refractivity contribution in [1.82, 2.24) is 9.05 Å². The maximum absolute atomic E-state index is 7.09. The number of para-hydroxylation sites is 3. The van der Waals surface area contributed by atoms with E-state index in [0.29, 0.717) is 0 Å². The van der Waals surface area contributed by atoms with Gasteiger partial charge in [0.25, 0.3) is 0 Å². The molecule has 5 heterocycles. The molecule has 0 bridgehead atoms. The number of nitrogens with zero attached hydrogens (tertiary/aromatic N) is 2. The molecule has 4 aromatic heterocycles. The normalized spacial score (nSPS) is 12.5. The Morgan fingerprint density at radius 1 is 0.310 bits per heavy atom. The summed E-state index contributed by atoms with van der Waals surface area (Å²) in [6.45, 7) is -0.287. The van der Waals surface area contributed by atoms with Crippen LogP contribution in [-0.4, -0.2) is 15.9 Å². The van der Waals surface area contributed by atoms with Crippen LogP contribution >= 0.6 is 0 Å². The second-order valence-corrected chi connectivity index (χ2v) is 19.1. The summed E-state index contributed by atoms with van der Waals surface area (Å²) >= 11 is 0. The van der Waals surface area contributed by atoms with Crippen LogP contribution in [0.1, 0.15) is 0 Å². The van der Waals surface area contributed by atoms with E-state index in [-0.39, 0.29) is 6.85 Å². The maximum atomic E-state index is 7.09. The fraction of sp³-hybridized carbons (Fsp3) is 0. The van der Waals surface area contributed by atoms with Crippen LogP contribution in [0, 0.1) is 0 Å². The van der Waals surface area contributed by atoms with Gasteiger partial charge in [0.2, 0.25) is 0 Å². The van der Waals surface area contributed by atoms with Crippen molar-refractivity contribution in [3.63, 3.8) is 0 Å². The monoisotopic (exact) mass is 902 g/mol.